The van der Waals surface area contributed by atoms with Crippen molar-refractivity contribution in [2.75, 3.05) is 13.7 Å². The highest BCUT2D eigenvalue weighted by atomic mass is 16.6. The van der Waals surface area contributed by atoms with E-state index in [0.717, 1.165) is 5.56 Å². The molecule has 0 saturated carbocycles. The summed E-state index contributed by atoms with van der Waals surface area (Å²) < 4.78 is 10.1. The van der Waals surface area contributed by atoms with Gasteiger partial charge in [-0.15, -0.1) is 0 Å². The molecule has 0 aliphatic rings. The van der Waals surface area contributed by atoms with Gasteiger partial charge in [0.25, 0.3) is 0 Å². The summed E-state index contributed by atoms with van der Waals surface area (Å²) >= 11 is 0. The summed E-state index contributed by atoms with van der Waals surface area (Å²) in [5.41, 5.74) is -0.143. The molecule has 0 aliphatic heterocycles. The fourth-order valence-corrected chi connectivity index (χ4v) is 3.77. The second-order valence-corrected chi connectivity index (χ2v) is 11.3. The van der Waals surface area contributed by atoms with Crippen LogP contribution in [0.25, 0.3) is 0 Å². The first-order valence-corrected chi connectivity index (χ1v) is 12.2. The van der Waals surface area contributed by atoms with Crippen molar-refractivity contribution in [3.05, 3.63) is 35.4 Å². The van der Waals surface area contributed by atoms with Crippen LogP contribution in [0.15, 0.2) is 24.3 Å². The van der Waals surface area contributed by atoms with E-state index in [4.69, 9.17) is 4.74 Å². The number of ether oxygens (including phenoxy) is 2. The maximum absolute atomic E-state index is 14.1. The zero-order valence-corrected chi connectivity index (χ0v) is 23.4. The van der Waals surface area contributed by atoms with Crippen molar-refractivity contribution in [1.82, 2.24) is 15.5 Å². The fraction of sp³-hybridized carbons (Fsp3) is 0.630. The van der Waals surface area contributed by atoms with E-state index in [9.17, 15) is 19.2 Å². The number of hydrogen-bond acceptors (Lipinski definition) is 6. The average Bonchev–Trinajstić information content (AvgIpc) is 2.72. The van der Waals surface area contributed by atoms with Crippen LogP contribution >= 0.6 is 0 Å². The molecule has 3 amide bonds. The average molecular weight is 506 g/mol. The Morgan fingerprint density at radius 3 is 2.06 bits per heavy atom. The van der Waals surface area contributed by atoms with Crippen molar-refractivity contribution < 1.29 is 28.7 Å². The number of amides is 3. The van der Waals surface area contributed by atoms with Crippen LogP contribution in [0, 0.1) is 12.8 Å². The van der Waals surface area contributed by atoms with Crippen molar-refractivity contribution in [2.45, 2.75) is 92.0 Å². The van der Waals surface area contributed by atoms with Gasteiger partial charge in [-0.1, -0.05) is 38.1 Å². The summed E-state index contributed by atoms with van der Waals surface area (Å²) in [6, 6.07) is 5.28. The third-order valence-corrected chi connectivity index (χ3v) is 5.28. The van der Waals surface area contributed by atoms with Gasteiger partial charge in [0.05, 0.1) is 7.11 Å². The zero-order chi connectivity index (χ0) is 27.8. The van der Waals surface area contributed by atoms with Gasteiger partial charge in [0.15, 0.2) is 0 Å². The van der Waals surface area contributed by atoms with Crippen LogP contribution in [0.1, 0.15) is 79.0 Å². The summed E-state index contributed by atoms with van der Waals surface area (Å²) in [7, 11) is 1.23. The number of rotatable bonds is 9. The molecule has 0 heterocycles. The summed E-state index contributed by atoms with van der Waals surface area (Å²) in [5, 5.41) is 5.32. The Labute approximate surface area is 215 Å². The van der Waals surface area contributed by atoms with E-state index in [0.29, 0.717) is 12.0 Å². The van der Waals surface area contributed by atoms with Crippen LogP contribution in [0.5, 0.6) is 0 Å². The Kier molecular flexibility index (Phi) is 10.9. The zero-order valence-electron chi connectivity index (χ0n) is 23.4. The molecule has 202 valence electrons. The first-order valence-electron chi connectivity index (χ1n) is 12.2. The molecule has 0 aromatic heterocycles. The smallest absolute Gasteiger partial charge is 0.408 e. The third-order valence-electron chi connectivity index (χ3n) is 5.28. The highest BCUT2D eigenvalue weighted by Gasteiger charge is 2.42. The highest BCUT2D eigenvalue weighted by Crippen LogP contribution is 2.32. The monoisotopic (exact) mass is 505 g/mol. The summed E-state index contributed by atoms with van der Waals surface area (Å²) in [6.07, 6.45) is -0.368. The predicted molar refractivity (Wildman–Crippen MR) is 138 cm³/mol. The minimum Gasteiger partial charge on any atom is -0.468 e. The van der Waals surface area contributed by atoms with Gasteiger partial charge in [-0.3, -0.25) is 14.4 Å². The van der Waals surface area contributed by atoms with Gasteiger partial charge < -0.3 is 25.0 Å². The molecule has 0 spiro atoms. The first-order chi connectivity index (χ1) is 16.5. The number of nitrogens with zero attached hydrogens (tertiary/aromatic N) is 1. The molecule has 0 aliphatic carbocycles. The number of aryl methyl sites for hydroxylation is 1. The summed E-state index contributed by atoms with van der Waals surface area (Å²) in [5.74, 6) is -1.49. The lowest BCUT2D eigenvalue weighted by Gasteiger charge is -2.43. The SMILES string of the molecule is COC(=O)CNC(=O)C(c1ccccc1C)N(C(=O)C(CC(C)C)NC(=O)OC(C)(C)C)C(C)(C)C. The normalized spacial score (nSPS) is 13.4. The van der Waals surface area contributed by atoms with Gasteiger partial charge in [-0.2, -0.15) is 0 Å². The van der Waals surface area contributed by atoms with Crippen LogP contribution in [0.3, 0.4) is 0 Å². The number of nitrogens with one attached hydrogen (secondary N) is 2. The Balaban J connectivity index is 3.57. The highest BCUT2D eigenvalue weighted by molar-refractivity contribution is 5.93. The Bertz CT molecular complexity index is 930. The van der Waals surface area contributed by atoms with Crippen molar-refractivity contribution in [3.63, 3.8) is 0 Å². The maximum Gasteiger partial charge on any atom is 0.408 e. The number of methoxy groups -OCH3 is 1. The van der Waals surface area contributed by atoms with Crippen LogP contribution in [-0.2, 0) is 23.9 Å². The molecular weight excluding hydrogens is 462 g/mol. The molecule has 9 nitrogen and oxygen atoms in total. The van der Waals surface area contributed by atoms with Gasteiger partial charge >= 0.3 is 12.1 Å². The molecule has 0 saturated heterocycles. The molecule has 1 rings (SSSR count). The van der Waals surface area contributed by atoms with Gasteiger partial charge in [-0.05, 0) is 71.9 Å². The minimum absolute atomic E-state index is 0.0702. The molecule has 9 heteroatoms. The molecule has 1 aromatic rings. The second-order valence-electron chi connectivity index (χ2n) is 11.3. The van der Waals surface area contributed by atoms with Crippen LogP contribution in [-0.4, -0.2) is 59.6 Å². The molecule has 0 radical (unpaired) electrons. The molecule has 2 unspecified atom stereocenters. The summed E-state index contributed by atoms with van der Waals surface area (Å²) in [6.45, 7) is 16.1. The standard InChI is InChI=1S/C27H43N3O6/c1-17(2)15-20(29-25(34)36-27(7,8)9)24(33)30(26(4,5)6)22(19-14-12-11-13-18(19)3)23(32)28-16-21(31)35-10/h11-14,17,20,22H,15-16H2,1-10H3,(H,28,32)(H,29,34). The van der Waals surface area contributed by atoms with E-state index in [-0.39, 0.29) is 12.5 Å². The Morgan fingerprint density at radius 2 is 1.58 bits per heavy atom. The molecular formula is C27H43N3O6. The van der Waals surface area contributed by atoms with Gasteiger partial charge in [0, 0.05) is 5.54 Å². The lowest BCUT2D eigenvalue weighted by molar-refractivity contribution is -0.149. The maximum atomic E-state index is 14.1. The largest absolute Gasteiger partial charge is 0.468 e. The minimum atomic E-state index is -1.06. The molecule has 2 atom stereocenters. The summed E-state index contributed by atoms with van der Waals surface area (Å²) in [4.78, 5) is 53.5. The predicted octanol–water partition coefficient (Wildman–Crippen LogP) is 3.89. The van der Waals surface area contributed by atoms with E-state index >= 15 is 0 Å². The topological polar surface area (TPSA) is 114 Å². The molecule has 36 heavy (non-hydrogen) atoms. The van der Waals surface area contributed by atoms with E-state index < -0.39 is 47.1 Å². The number of carbonyl (C=O) groups is 4. The van der Waals surface area contributed by atoms with E-state index in [2.05, 4.69) is 15.4 Å². The quantitative estimate of drug-likeness (QED) is 0.492. The Hall–Kier alpha value is -3.10. The van der Waals surface area contributed by atoms with Crippen LogP contribution in [0.4, 0.5) is 4.79 Å². The Morgan fingerprint density at radius 1 is 1.00 bits per heavy atom. The van der Waals surface area contributed by atoms with Gasteiger partial charge in [-0.25, -0.2) is 4.79 Å². The number of esters is 1. The lowest BCUT2D eigenvalue weighted by Crippen LogP contribution is -2.59. The number of alkyl carbamates (subject to hydrolysis) is 1. The van der Waals surface area contributed by atoms with Crippen molar-refractivity contribution in [3.8, 4) is 0 Å². The number of carbonyl (C=O) groups excluding carboxylic acids is 4. The number of benzene rings is 1. The second kappa shape index (κ2) is 12.7. The number of hydrogen-bond donors (Lipinski definition) is 2. The van der Waals surface area contributed by atoms with Crippen molar-refractivity contribution in [1.29, 1.82) is 0 Å². The molecule has 1 aromatic carbocycles. The van der Waals surface area contributed by atoms with E-state index in [1.54, 1.807) is 32.9 Å². The van der Waals surface area contributed by atoms with Gasteiger partial charge in [0.1, 0.15) is 24.2 Å². The van der Waals surface area contributed by atoms with E-state index in [1.807, 2.05) is 53.7 Å². The fourth-order valence-electron chi connectivity index (χ4n) is 3.77. The molecule has 0 bridgehead atoms. The lowest BCUT2D eigenvalue weighted by atomic mass is 9.92. The van der Waals surface area contributed by atoms with Crippen molar-refractivity contribution >= 4 is 23.9 Å². The van der Waals surface area contributed by atoms with Gasteiger partial charge in [0.2, 0.25) is 11.8 Å². The first kappa shape index (κ1) is 30.9. The third kappa shape index (κ3) is 9.51. The van der Waals surface area contributed by atoms with Crippen molar-refractivity contribution in [2.24, 2.45) is 5.92 Å². The van der Waals surface area contributed by atoms with Crippen LogP contribution in [0.2, 0.25) is 0 Å². The molecule has 0 fully saturated rings. The molecule has 2 N–H and O–H groups in total. The van der Waals surface area contributed by atoms with Crippen LogP contribution < -0.4 is 10.6 Å². The van der Waals surface area contributed by atoms with E-state index in [1.165, 1.54) is 12.0 Å².